The molecule has 3 heteroatoms. The molecule has 0 spiro atoms. The number of rotatable bonds is 2. The molecule has 1 heterocycles. The van der Waals surface area contributed by atoms with Crippen LogP contribution in [0.3, 0.4) is 0 Å². The Hall–Kier alpha value is -1.25. The first kappa shape index (κ1) is 10.3. The van der Waals surface area contributed by atoms with Gasteiger partial charge in [0.15, 0.2) is 0 Å². The molecular weight excluding hydrogens is 192 g/mol. The molecule has 0 amide bonds. The van der Waals surface area contributed by atoms with E-state index < -0.39 is 0 Å². The van der Waals surface area contributed by atoms with Crippen LogP contribution in [0.2, 0.25) is 0 Å². The fourth-order valence-corrected chi connectivity index (χ4v) is 2.21. The van der Waals surface area contributed by atoms with Crippen LogP contribution in [0, 0.1) is 0 Å². The van der Waals surface area contributed by atoms with Gasteiger partial charge in [0.1, 0.15) is 17.1 Å². The maximum atomic E-state index is 11.6. The Morgan fingerprint density at radius 2 is 2.13 bits per heavy atom. The van der Waals surface area contributed by atoms with E-state index in [1.54, 1.807) is 0 Å². The van der Waals surface area contributed by atoms with Crippen LogP contribution in [0.25, 0.3) is 0 Å². The Morgan fingerprint density at radius 3 is 2.80 bits per heavy atom. The molecule has 0 fully saturated rings. The fourth-order valence-electron chi connectivity index (χ4n) is 2.21. The first-order valence-corrected chi connectivity index (χ1v) is 5.49. The fraction of sp³-hybridized carbons (Fsp3) is 0.583. The van der Waals surface area contributed by atoms with Gasteiger partial charge >= 0.3 is 5.97 Å². The number of ether oxygens (including phenoxy) is 1. The molecule has 1 aliphatic carbocycles. The van der Waals surface area contributed by atoms with Crippen molar-refractivity contribution in [3.8, 4) is 0 Å². The van der Waals surface area contributed by atoms with Crippen LogP contribution in [0.4, 0.5) is 0 Å². The lowest BCUT2D eigenvalue weighted by atomic mass is 9.94. The van der Waals surface area contributed by atoms with Crippen LogP contribution in [0.1, 0.15) is 47.2 Å². The second-order valence-corrected chi connectivity index (χ2v) is 3.85. The van der Waals surface area contributed by atoms with E-state index in [1.165, 1.54) is 7.11 Å². The standard InChI is InChI=1S/C12H16O3/c1-3-9-11(12(13)14-2)8-6-4-5-7-10(8)15-9/h3-7H2,1-2H3. The minimum absolute atomic E-state index is 0.251. The zero-order valence-corrected chi connectivity index (χ0v) is 9.26. The van der Waals surface area contributed by atoms with Crippen molar-refractivity contribution in [2.45, 2.75) is 39.0 Å². The summed E-state index contributed by atoms with van der Waals surface area (Å²) < 4.78 is 10.5. The van der Waals surface area contributed by atoms with Crippen LogP contribution in [0.5, 0.6) is 0 Å². The van der Waals surface area contributed by atoms with E-state index in [2.05, 4.69) is 0 Å². The Kier molecular flexibility index (Phi) is 2.80. The van der Waals surface area contributed by atoms with Gasteiger partial charge < -0.3 is 9.15 Å². The lowest BCUT2D eigenvalue weighted by Gasteiger charge is -2.09. The monoisotopic (exact) mass is 208 g/mol. The van der Waals surface area contributed by atoms with Gasteiger partial charge in [-0.05, 0) is 19.3 Å². The first-order chi connectivity index (χ1) is 7.27. The number of fused-ring (bicyclic) bond motifs is 1. The number of hydrogen-bond donors (Lipinski definition) is 0. The largest absolute Gasteiger partial charge is 0.465 e. The van der Waals surface area contributed by atoms with Crippen LogP contribution in [-0.2, 0) is 24.0 Å². The second-order valence-electron chi connectivity index (χ2n) is 3.85. The predicted molar refractivity (Wildman–Crippen MR) is 56.1 cm³/mol. The minimum atomic E-state index is -0.251. The van der Waals surface area contributed by atoms with Crippen molar-refractivity contribution >= 4 is 5.97 Å². The van der Waals surface area contributed by atoms with Gasteiger partial charge in [-0.25, -0.2) is 4.79 Å². The van der Waals surface area contributed by atoms with Crippen LogP contribution in [0.15, 0.2) is 4.42 Å². The molecule has 3 nitrogen and oxygen atoms in total. The summed E-state index contributed by atoms with van der Waals surface area (Å²) in [6.45, 7) is 2.00. The molecule has 0 aliphatic heterocycles. The van der Waals surface area contributed by atoms with Crippen LogP contribution in [-0.4, -0.2) is 13.1 Å². The van der Waals surface area contributed by atoms with E-state index in [0.717, 1.165) is 49.2 Å². The van der Waals surface area contributed by atoms with Crippen molar-refractivity contribution in [2.75, 3.05) is 7.11 Å². The summed E-state index contributed by atoms with van der Waals surface area (Å²) in [5.41, 5.74) is 1.78. The normalized spacial score (nSPS) is 14.8. The SMILES string of the molecule is CCc1oc2c(c1C(=O)OC)CCCC2. The average molecular weight is 208 g/mol. The molecule has 15 heavy (non-hydrogen) atoms. The number of carbonyl (C=O) groups is 1. The van der Waals surface area contributed by atoms with Crippen LogP contribution >= 0.6 is 0 Å². The first-order valence-electron chi connectivity index (χ1n) is 5.49. The highest BCUT2D eigenvalue weighted by atomic mass is 16.5. The molecule has 0 saturated carbocycles. The number of esters is 1. The molecule has 2 rings (SSSR count). The molecule has 0 saturated heterocycles. The smallest absolute Gasteiger partial charge is 0.341 e. The van der Waals surface area contributed by atoms with Gasteiger partial charge in [0.2, 0.25) is 0 Å². The highest BCUT2D eigenvalue weighted by Gasteiger charge is 2.26. The van der Waals surface area contributed by atoms with Gasteiger partial charge in [-0.1, -0.05) is 6.92 Å². The molecule has 0 N–H and O–H groups in total. The number of aryl methyl sites for hydroxylation is 2. The number of furan rings is 1. The topological polar surface area (TPSA) is 39.4 Å². The predicted octanol–water partition coefficient (Wildman–Crippen LogP) is 2.51. The van der Waals surface area contributed by atoms with Gasteiger partial charge in [-0.2, -0.15) is 0 Å². The van der Waals surface area contributed by atoms with Gasteiger partial charge in [0, 0.05) is 18.4 Å². The van der Waals surface area contributed by atoms with E-state index in [4.69, 9.17) is 9.15 Å². The minimum Gasteiger partial charge on any atom is -0.465 e. The zero-order valence-electron chi connectivity index (χ0n) is 9.26. The van der Waals surface area contributed by atoms with E-state index in [0.29, 0.717) is 5.56 Å². The molecule has 0 bridgehead atoms. The molecule has 1 aromatic rings. The summed E-state index contributed by atoms with van der Waals surface area (Å²) in [7, 11) is 1.42. The summed E-state index contributed by atoms with van der Waals surface area (Å²) in [5.74, 6) is 1.53. The number of hydrogen-bond acceptors (Lipinski definition) is 3. The molecule has 1 aromatic heterocycles. The molecule has 0 aromatic carbocycles. The second kappa shape index (κ2) is 4.09. The third kappa shape index (κ3) is 1.66. The van der Waals surface area contributed by atoms with Crippen molar-refractivity contribution < 1.29 is 13.9 Å². The number of methoxy groups -OCH3 is 1. The third-order valence-corrected chi connectivity index (χ3v) is 2.95. The summed E-state index contributed by atoms with van der Waals surface area (Å²) in [6, 6.07) is 0. The van der Waals surface area contributed by atoms with Crippen molar-refractivity contribution in [1.29, 1.82) is 0 Å². The Labute approximate surface area is 89.4 Å². The molecule has 0 radical (unpaired) electrons. The van der Waals surface area contributed by atoms with Crippen LogP contribution < -0.4 is 0 Å². The zero-order chi connectivity index (χ0) is 10.8. The number of carbonyl (C=O) groups excluding carboxylic acids is 1. The molecular formula is C12H16O3. The Bertz CT molecular complexity index is 376. The molecule has 0 unspecified atom stereocenters. The maximum absolute atomic E-state index is 11.6. The maximum Gasteiger partial charge on any atom is 0.341 e. The molecule has 82 valence electrons. The van der Waals surface area contributed by atoms with E-state index in [-0.39, 0.29) is 5.97 Å². The van der Waals surface area contributed by atoms with E-state index >= 15 is 0 Å². The third-order valence-electron chi connectivity index (χ3n) is 2.95. The van der Waals surface area contributed by atoms with Gasteiger partial charge in [0.05, 0.1) is 7.11 Å². The quantitative estimate of drug-likeness (QED) is 0.701. The van der Waals surface area contributed by atoms with Gasteiger partial charge in [-0.15, -0.1) is 0 Å². The Balaban J connectivity index is 2.49. The lowest BCUT2D eigenvalue weighted by Crippen LogP contribution is -2.09. The Morgan fingerprint density at radius 1 is 1.40 bits per heavy atom. The van der Waals surface area contributed by atoms with E-state index in [1.807, 2.05) is 6.92 Å². The van der Waals surface area contributed by atoms with Crippen molar-refractivity contribution in [1.82, 2.24) is 0 Å². The summed E-state index contributed by atoms with van der Waals surface area (Å²) in [5, 5.41) is 0. The van der Waals surface area contributed by atoms with Gasteiger partial charge in [0.25, 0.3) is 0 Å². The van der Waals surface area contributed by atoms with E-state index in [9.17, 15) is 4.79 Å². The average Bonchev–Trinajstić information content (AvgIpc) is 2.66. The highest BCUT2D eigenvalue weighted by molar-refractivity contribution is 5.92. The summed E-state index contributed by atoms with van der Waals surface area (Å²) in [4.78, 5) is 11.6. The van der Waals surface area contributed by atoms with Gasteiger partial charge in [-0.3, -0.25) is 0 Å². The lowest BCUT2D eigenvalue weighted by molar-refractivity contribution is 0.0597. The summed E-state index contributed by atoms with van der Waals surface area (Å²) >= 11 is 0. The molecule has 0 atom stereocenters. The summed E-state index contributed by atoms with van der Waals surface area (Å²) in [6.07, 6.45) is 4.95. The molecule has 1 aliphatic rings. The van der Waals surface area contributed by atoms with Crippen molar-refractivity contribution in [3.63, 3.8) is 0 Å². The van der Waals surface area contributed by atoms with Crippen molar-refractivity contribution in [2.24, 2.45) is 0 Å². The van der Waals surface area contributed by atoms with Crippen molar-refractivity contribution in [3.05, 3.63) is 22.6 Å². The highest BCUT2D eigenvalue weighted by Crippen LogP contribution is 2.30.